The number of nitrogens with one attached hydrogen (secondary N) is 1. The lowest BCUT2D eigenvalue weighted by Gasteiger charge is -2.19. The predicted octanol–water partition coefficient (Wildman–Crippen LogP) is 0.547. The molecule has 1 aliphatic heterocycles. The molecule has 0 bridgehead atoms. The van der Waals surface area contributed by atoms with Crippen LogP contribution >= 0.6 is 0 Å². The van der Waals surface area contributed by atoms with Gasteiger partial charge in [0.05, 0.1) is 19.3 Å². The fourth-order valence-corrected chi connectivity index (χ4v) is 1.85. The van der Waals surface area contributed by atoms with E-state index in [1.807, 2.05) is 12.1 Å². The van der Waals surface area contributed by atoms with Crippen LogP contribution in [0.4, 0.5) is 0 Å². The number of hydrogen-bond donors (Lipinski definition) is 2. The number of nitrogens with zero attached hydrogens (tertiary/aromatic N) is 2. The zero-order chi connectivity index (χ0) is 12.1. The molecular weight excluding hydrogens is 216 g/mol. The van der Waals surface area contributed by atoms with Crippen LogP contribution in [-0.4, -0.2) is 37.1 Å². The van der Waals surface area contributed by atoms with Crippen LogP contribution in [-0.2, 0) is 0 Å². The van der Waals surface area contributed by atoms with Gasteiger partial charge in [-0.25, -0.2) is 4.98 Å². The summed E-state index contributed by atoms with van der Waals surface area (Å²) in [6.07, 6.45) is 3.73. The summed E-state index contributed by atoms with van der Waals surface area (Å²) in [4.78, 5) is 8.73. The van der Waals surface area contributed by atoms with Crippen LogP contribution in [0.1, 0.15) is 18.5 Å². The molecule has 1 saturated heterocycles. The minimum Gasteiger partial charge on any atom is -0.495 e. The molecule has 0 aliphatic carbocycles. The molecule has 5 heteroatoms. The zero-order valence-electron chi connectivity index (χ0n) is 10.0. The SMILES string of the molecule is COc1ccc(C(N)=NC2CCNCC2)nc1. The Labute approximate surface area is 101 Å². The highest BCUT2D eigenvalue weighted by Gasteiger charge is 2.12. The van der Waals surface area contributed by atoms with Crippen LogP contribution in [0.15, 0.2) is 23.3 Å². The highest BCUT2D eigenvalue weighted by atomic mass is 16.5. The lowest BCUT2D eigenvalue weighted by atomic mass is 10.1. The lowest BCUT2D eigenvalue weighted by Crippen LogP contribution is -2.31. The van der Waals surface area contributed by atoms with Gasteiger partial charge in [0.15, 0.2) is 0 Å². The van der Waals surface area contributed by atoms with Gasteiger partial charge >= 0.3 is 0 Å². The first-order valence-electron chi connectivity index (χ1n) is 5.84. The Kier molecular flexibility index (Phi) is 3.93. The molecule has 1 aromatic rings. The Morgan fingerprint density at radius 1 is 1.47 bits per heavy atom. The number of pyridine rings is 1. The van der Waals surface area contributed by atoms with E-state index in [-0.39, 0.29) is 0 Å². The second kappa shape index (κ2) is 5.63. The number of aliphatic imine (C=N–C) groups is 1. The van der Waals surface area contributed by atoms with E-state index in [0.717, 1.165) is 31.7 Å². The van der Waals surface area contributed by atoms with Crippen LogP contribution in [0, 0.1) is 0 Å². The van der Waals surface area contributed by atoms with Crippen LogP contribution in [0.2, 0.25) is 0 Å². The van der Waals surface area contributed by atoms with E-state index in [1.54, 1.807) is 13.3 Å². The Morgan fingerprint density at radius 3 is 2.82 bits per heavy atom. The van der Waals surface area contributed by atoms with E-state index < -0.39 is 0 Å². The number of amidine groups is 1. The number of hydrogen-bond acceptors (Lipinski definition) is 4. The maximum atomic E-state index is 5.94. The molecule has 5 nitrogen and oxygen atoms in total. The minimum absolute atomic E-state index is 0.320. The molecule has 0 amide bonds. The lowest BCUT2D eigenvalue weighted by molar-refractivity contribution is 0.413. The summed E-state index contributed by atoms with van der Waals surface area (Å²) in [6.45, 7) is 2.02. The fraction of sp³-hybridized carbons (Fsp3) is 0.500. The molecule has 17 heavy (non-hydrogen) atoms. The zero-order valence-corrected chi connectivity index (χ0v) is 10.0. The monoisotopic (exact) mass is 234 g/mol. The van der Waals surface area contributed by atoms with Gasteiger partial charge in [0.1, 0.15) is 17.3 Å². The molecule has 1 aliphatic rings. The molecule has 0 saturated carbocycles. The molecule has 0 aromatic carbocycles. The van der Waals surface area contributed by atoms with Gasteiger partial charge in [-0.05, 0) is 38.1 Å². The Bertz CT molecular complexity index is 382. The fourth-order valence-electron chi connectivity index (χ4n) is 1.85. The van der Waals surface area contributed by atoms with E-state index in [9.17, 15) is 0 Å². The van der Waals surface area contributed by atoms with Crippen molar-refractivity contribution >= 4 is 5.84 Å². The van der Waals surface area contributed by atoms with Gasteiger partial charge in [0, 0.05) is 0 Å². The van der Waals surface area contributed by atoms with Crippen molar-refractivity contribution in [2.24, 2.45) is 10.7 Å². The van der Waals surface area contributed by atoms with Crippen molar-refractivity contribution in [3.05, 3.63) is 24.0 Å². The molecular formula is C12H18N4O. The summed E-state index contributed by atoms with van der Waals surface area (Å²) < 4.78 is 5.05. The maximum Gasteiger partial charge on any atom is 0.144 e. The van der Waals surface area contributed by atoms with Crippen molar-refractivity contribution < 1.29 is 4.74 Å². The molecule has 0 spiro atoms. The van der Waals surface area contributed by atoms with Crippen molar-refractivity contribution in [2.45, 2.75) is 18.9 Å². The molecule has 0 unspecified atom stereocenters. The van der Waals surface area contributed by atoms with E-state index >= 15 is 0 Å². The summed E-state index contributed by atoms with van der Waals surface area (Å²) in [7, 11) is 1.61. The number of piperidine rings is 1. The number of rotatable bonds is 3. The Morgan fingerprint density at radius 2 is 2.24 bits per heavy atom. The predicted molar refractivity (Wildman–Crippen MR) is 67.4 cm³/mol. The third-order valence-corrected chi connectivity index (χ3v) is 2.86. The molecule has 0 atom stereocenters. The summed E-state index contributed by atoms with van der Waals surface area (Å²) in [5, 5.41) is 3.30. The summed E-state index contributed by atoms with van der Waals surface area (Å²) in [5.41, 5.74) is 6.66. The molecule has 92 valence electrons. The van der Waals surface area contributed by atoms with E-state index in [0.29, 0.717) is 17.6 Å². The van der Waals surface area contributed by atoms with Crippen molar-refractivity contribution in [1.29, 1.82) is 0 Å². The van der Waals surface area contributed by atoms with E-state index in [4.69, 9.17) is 10.5 Å². The molecule has 1 fully saturated rings. The Balaban J connectivity index is 2.06. The Hall–Kier alpha value is -1.62. The number of methoxy groups -OCH3 is 1. The van der Waals surface area contributed by atoms with Crippen LogP contribution < -0.4 is 15.8 Å². The average Bonchev–Trinajstić information content (AvgIpc) is 2.40. The highest BCUT2D eigenvalue weighted by Crippen LogP contribution is 2.10. The van der Waals surface area contributed by atoms with Gasteiger partial charge in [0.2, 0.25) is 0 Å². The molecule has 0 radical (unpaired) electrons. The molecule has 3 N–H and O–H groups in total. The average molecular weight is 234 g/mol. The minimum atomic E-state index is 0.320. The standard InChI is InChI=1S/C12H18N4O/c1-17-10-2-3-11(15-8-10)12(13)16-9-4-6-14-7-5-9/h2-3,8-9,14H,4-7H2,1H3,(H2,13,16). The smallest absolute Gasteiger partial charge is 0.144 e. The number of nitrogens with two attached hydrogens (primary N) is 1. The second-order valence-electron chi connectivity index (χ2n) is 4.08. The largest absolute Gasteiger partial charge is 0.495 e. The van der Waals surface area contributed by atoms with Crippen molar-refractivity contribution in [1.82, 2.24) is 10.3 Å². The van der Waals surface area contributed by atoms with Crippen LogP contribution in [0.25, 0.3) is 0 Å². The van der Waals surface area contributed by atoms with Gasteiger partial charge in [-0.1, -0.05) is 0 Å². The van der Waals surface area contributed by atoms with E-state index in [1.165, 1.54) is 0 Å². The summed E-state index contributed by atoms with van der Waals surface area (Å²) >= 11 is 0. The molecule has 1 aromatic heterocycles. The third-order valence-electron chi connectivity index (χ3n) is 2.86. The van der Waals surface area contributed by atoms with Crippen molar-refractivity contribution in [3.63, 3.8) is 0 Å². The second-order valence-corrected chi connectivity index (χ2v) is 4.08. The number of ether oxygens (including phenoxy) is 1. The van der Waals surface area contributed by atoms with Crippen molar-refractivity contribution in [2.75, 3.05) is 20.2 Å². The highest BCUT2D eigenvalue weighted by molar-refractivity contribution is 5.95. The first-order valence-corrected chi connectivity index (χ1v) is 5.84. The van der Waals surface area contributed by atoms with E-state index in [2.05, 4.69) is 15.3 Å². The van der Waals surface area contributed by atoms with Gasteiger partial charge < -0.3 is 15.8 Å². The number of aromatic nitrogens is 1. The van der Waals surface area contributed by atoms with Crippen LogP contribution in [0.3, 0.4) is 0 Å². The van der Waals surface area contributed by atoms with Gasteiger partial charge in [0.25, 0.3) is 0 Å². The van der Waals surface area contributed by atoms with Crippen LogP contribution in [0.5, 0.6) is 5.75 Å². The summed E-state index contributed by atoms with van der Waals surface area (Å²) in [5.74, 6) is 1.24. The quantitative estimate of drug-likeness (QED) is 0.591. The van der Waals surface area contributed by atoms with Crippen molar-refractivity contribution in [3.8, 4) is 5.75 Å². The third kappa shape index (κ3) is 3.17. The van der Waals surface area contributed by atoms with Gasteiger partial charge in [-0.3, -0.25) is 4.99 Å². The first kappa shape index (κ1) is 11.9. The maximum absolute atomic E-state index is 5.94. The normalized spacial score (nSPS) is 18.1. The topological polar surface area (TPSA) is 72.5 Å². The first-order chi connectivity index (χ1) is 8.29. The summed E-state index contributed by atoms with van der Waals surface area (Å²) in [6, 6.07) is 3.99. The molecule has 2 heterocycles. The van der Waals surface area contributed by atoms with Gasteiger partial charge in [-0.15, -0.1) is 0 Å². The molecule has 2 rings (SSSR count). The van der Waals surface area contributed by atoms with Gasteiger partial charge in [-0.2, -0.15) is 0 Å².